The molecule has 0 aromatic heterocycles. The number of benzene rings is 2. The van der Waals surface area contributed by atoms with Crippen LogP contribution >= 0.6 is 15.9 Å². The molecule has 148 valence electrons. The van der Waals surface area contributed by atoms with Crippen LogP contribution in [0.15, 0.2) is 46.9 Å². The molecule has 2 aromatic rings. The highest BCUT2D eigenvalue weighted by atomic mass is 79.9. The summed E-state index contributed by atoms with van der Waals surface area (Å²) in [5.74, 6) is -1.69. The summed E-state index contributed by atoms with van der Waals surface area (Å²) in [5, 5.41) is 0. The number of esters is 1. The van der Waals surface area contributed by atoms with Crippen molar-refractivity contribution in [1.29, 1.82) is 0 Å². The number of anilines is 1. The van der Waals surface area contributed by atoms with E-state index in [1.165, 1.54) is 12.0 Å². The van der Waals surface area contributed by atoms with Crippen molar-refractivity contribution in [1.82, 2.24) is 4.90 Å². The molecular formula is C21H17BrN2O5. The highest BCUT2D eigenvalue weighted by Crippen LogP contribution is 2.33. The average Bonchev–Trinajstić information content (AvgIpc) is 3.22. The van der Waals surface area contributed by atoms with Gasteiger partial charge in [0.1, 0.15) is 6.04 Å². The fraction of sp³-hybridized carbons (Fsp3) is 0.238. The Morgan fingerprint density at radius 3 is 2.59 bits per heavy atom. The van der Waals surface area contributed by atoms with E-state index in [0.717, 1.165) is 10.5 Å². The first-order valence-electron chi connectivity index (χ1n) is 9.06. The normalized spacial score (nSPS) is 17.4. The molecule has 8 heteroatoms. The second-order valence-corrected chi connectivity index (χ2v) is 7.75. The number of imide groups is 1. The van der Waals surface area contributed by atoms with E-state index in [9.17, 15) is 19.2 Å². The second kappa shape index (κ2) is 7.44. The highest BCUT2D eigenvalue weighted by molar-refractivity contribution is 9.10. The fourth-order valence-corrected chi connectivity index (χ4v) is 4.17. The summed E-state index contributed by atoms with van der Waals surface area (Å²) in [5.41, 5.74) is 2.17. The highest BCUT2D eigenvalue weighted by Gasteiger charge is 2.40. The minimum Gasteiger partial charge on any atom is -0.467 e. The van der Waals surface area contributed by atoms with Crippen molar-refractivity contribution < 1.29 is 23.9 Å². The molecule has 0 bridgehead atoms. The molecule has 2 aromatic carbocycles. The van der Waals surface area contributed by atoms with E-state index in [1.54, 1.807) is 30.3 Å². The van der Waals surface area contributed by atoms with Gasteiger partial charge in [-0.3, -0.25) is 24.2 Å². The van der Waals surface area contributed by atoms with E-state index < -0.39 is 23.8 Å². The Morgan fingerprint density at radius 1 is 1.10 bits per heavy atom. The molecule has 0 fully saturated rings. The Labute approximate surface area is 175 Å². The lowest BCUT2D eigenvalue weighted by atomic mass is 10.1. The van der Waals surface area contributed by atoms with Gasteiger partial charge in [-0.2, -0.15) is 0 Å². The Morgan fingerprint density at radius 2 is 1.83 bits per heavy atom. The van der Waals surface area contributed by atoms with Crippen LogP contribution in [-0.4, -0.2) is 48.3 Å². The Balaban J connectivity index is 1.53. The van der Waals surface area contributed by atoms with Gasteiger partial charge in [0.25, 0.3) is 11.8 Å². The lowest BCUT2D eigenvalue weighted by Crippen LogP contribution is -2.45. The fourth-order valence-electron chi connectivity index (χ4n) is 3.81. The molecule has 2 aliphatic rings. The first-order valence-corrected chi connectivity index (χ1v) is 9.85. The van der Waals surface area contributed by atoms with E-state index in [2.05, 4.69) is 15.9 Å². The van der Waals surface area contributed by atoms with Gasteiger partial charge >= 0.3 is 5.97 Å². The van der Waals surface area contributed by atoms with Gasteiger partial charge in [-0.15, -0.1) is 0 Å². The number of hydrogen-bond donors (Lipinski definition) is 0. The summed E-state index contributed by atoms with van der Waals surface area (Å²) < 4.78 is 5.55. The van der Waals surface area contributed by atoms with Crippen molar-refractivity contribution in [3.05, 3.63) is 63.6 Å². The monoisotopic (exact) mass is 456 g/mol. The molecule has 29 heavy (non-hydrogen) atoms. The van der Waals surface area contributed by atoms with Gasteiger partial charge in [0.05, 0.1) is 18.2 Å². The number of carbonyl (C=O) groups is 4. The number of halogens is 1. The number of para-hydroxylation sites is 1. The number of nitrogens with zero attached hydrogens (tertiary/aromatic N) is 2. The van der Waals surface area contributed by atoms with E-state index >= 15 is 0 Å². The molecule has 1 atom stereocenters. The lowest BCUT2D eigenvalue weighted by Gasteiger charge is -2.24. The zero-order chi connectivity index (χ0) is 20.7. The molecule has 4 rings (SSSR count). The van der Waals surface area contributed by atoms with Gasteiger partial charge in [0, 0.05) is 29.5 Å². The second-order valence-electron chi connectivity index (χ2n) is 6.84. The predicted octanol–water partition coefficient (Wildman–Crippen LogP) is 2.57. The minimum atomic E-state index is -0.747. The van der Waals surface area contributed by atoms with Crippen LogP contribution in [0.5, 0.6) is 0 Å². The maximum Gasteiger partial charge on any atom is 0.329 e. The first-order chi connectivity index (χ1) is 13.9. The molecule has 0 saturated carbocycles. The van der Waals surface area contributed by atoms with Crippen LogP contribution in [0.1, 0.15) is 32.7 Å². The maximum absolute atomic E-state index is 13.0. The Hall–Kier alpha value is -3.00. The smallest absolute Gasteiger partial charge is 0.329 e. The van der Waals surface area contributed by atoms with Gasteiger partial charge < -0.3 is 4.74 Å². The molecule has 2 aliphatic heterocycles. The van der Waals surface area contributed by atoms with Crippen LogP contribution in [0.25, 0.3) is 0 Å². The third-order valence-electron chi connectivity index (χ3n) is 5.20. The van der Waals surface area contributed by atoms with Crippen molar-refractivity contribution in [3.63, 3.8) is 0 Å². The maximum atomic E-state index is 13.0. The van der Waals surface area contributed by atoms with Crippen molar-refractivity contribution in [2.24, 2.45) is 0 Å². The molecule has 0 N–H and O–H groups in total. The van der Waals surface area contributed by atoms with Crippen LogP contribution < -0.4 is 4.90 Å². The zero-order valence-corrected chi connectivity index (χ0v) is 17.1. The third-order valence-corrected chi connectivity index (χ3v) is 5.69. The first kappa shape index (κ1) is 19.3. The molecule has 7 nitrogen and oxygen atoms in total. The molecule has 0 radical (unpaired) electrons. The zero-order valence-electron chi connectivity index (χ0n) is 15.6. The summed E-state index contributed by atoms with van der Waals surface area (Å²) in [6.07, 6.45) is 0.282. The third kappa shape index (κ3) is 3.23. The quantitative estimate of drug-likeness (QED) is 0.521. The van der Waals surface area contributed by atoms with Crippen molar-refractivity contribution in [2.75, 3.05) is 18.6 Å². The summed E-state index contributed by atoms with van der Waals surface area (Å²) in [6.45, 7) is -0.0602. The Bertz CT molecular complexity index is 1050. The largest absolute Gasteiger partial charge is 0.467 e. The summed E-state index contributed by atoms with van der Waals surface area (Å²) in [6, 6.07) is 11.4. The number of amides is 3. The molecule has 0 spiro atoms. The van der Waals surface area contributed by atoms with E-state index in [0.29, 0.717) is 27.7 Å². The standard InChI is InChI=1S/C21H17BrN2O5/c1-29-21(28)17-10-12-4-2-3-5-16(12)24(17)18(25)8-9-23-19(26)14-7-6-13(22)11-15(14)20(23)27/h2-7,11,17H,8-10H2,1H3. The number of rotatable bonds is 4. The number of hydrogen-bond acceptors (Lipinski definition) is 5. The van der Waals surface area contributed by atoms with E-state index in [1.807, 2.05) is 12.1 Å². The lowest BCUT2D eigenvalue weighted by molar-refractivity contribution is -0.143. The predicted molar refractivity (Wildman–Crippen MR) is 108 cm³/mol. The van der Waals surface area contributed by atoms with Crippen LogP contribution in [0.2, 0.25) is 0 Å². The van der Waals surface area contributed by atoms with Gasteiger partial charge in [-0.05, 0) is 29.8 Å². The minimum absolute atomic E-state index is 0.0602. The number of ether oxygens (including phenoxy) is 1. The average molecular weight is 457 g/mol. The summed E-state index contributed by atoms with van der Waals surface area (Å²) in [7, 11) is 1.28. The summed E-state index contributed by atoms with van der Waals surface area (Å²) >= 11 is 3.29. The topological polar surface area (TPSA) is 84.0 Å². The Kier molecular flexibility index (Phi) is 4.96. The van der Waals surface area contributed by atoms with Gasteiger partial charge in [-0.25, -0.2) is 4.79 Å². The van der Waals surface area contributed by atoms with Crippen LogP contribution in [-0.2, 0) is 20.7 Å². The molecular weight excluding hydrogens is 440 g/mol. The number of fused-ring (bicyclic) bond motifs is 2. The number of carbonyl (C=O) groups excluding carboxylic acids is 4. The van der Waals surface area contributed by atoms with Crippen molar-refractivity contribution >= 4 is 45.3 Å². The van der Waals surface area contributed by atoms with Crippen molar-refractivity contribution in [2.45, 2.75) is 18.9 Å². The SMILES string of the molecule is COC(=O)C1Cc2ccccc2N1C(=O)CCN1C(=O)c2ccc(Br)cc2C1=O. The van der Waals surface area contributed by atoms with Crippen LogP contribution in [0.3, 0.4) is 0 Å². The molecule has 0 saturated heterocycles. The van der Waals surface area contributed by atoms with Crippen molar-refractivity contribution in [3.8, 4) is 0 Å². The number of methoxy groups -OCH3 is 1. The van der Waals surface area contributed by atoms with Gasteiger partial charge in [-0.1, -0.05) is 34.1 Å². The van der Waals surface area contributed by atoms with E-state index in [4.69, 9.17) is 4.74 Å². The van der Waals surface area contributed by atoms with E-state index in [-0.39, 0.29) is 18.9 Å². The van der Waals surface area contributed by atoms with Crippen LogP contribution in [0.4, 0.5) is 5.69 Å². The molecule has 3 amide bonds. The van der Waals surface area contributed by atoms with Gasteiger partial charge in [0.15, 0.2) is 0 Å². The molecule has 2 heterocycles. The summed E-state index contributed by atoms with van der Waals surface area (Å²) in [4.78, 5) is 52.8. The van der Waals surface area contributed by atoms with Crippen LogP contribution in [0, 0.1) is 0 Å². The molecule has 1 unspecified atom stereocenters. The van der Waals surface area contributed by atoms with Gasteiger partial charge in [0.2, 0.25) is 5.91 Å². The molecule has 0 aliphatic carbocycles.